The van der Waals surface area contributed by atoms with Crippen LogP contribution < -0.4 is 11.1 Å². The van der Waals surface area contributed by atoms with Crippen LogP contribution in [-0.4, -0.2) is 59.0 Å². The molecule has 6 N–H and O–H groups in total. The predicted molar refractivity (Wildman–Crippen MR) is 74.0 cm³/mol. The van der Waals surface area contributed by atoms with Gasteiger partial charge in [-0.15, -0.1) is 0 Å². The van der Waals surface area contributed by atoms with E-state index in [-0.39, 0.29) is 0 Å². The van der Waals surface area contributed by atoms with Gasteiger partial charge in [0.1, 0.15) is 0 Å². The predicted octanol–water partition coefficient (Wildman–Crippen LogP) is -0.0361. The molecular weight excluding hydrogens is 288 g/mol. The molecule has 0 bridgehead atoms. The Morgan fingerprint density at radius 1 is 0.952 bits per heavy atom. The lowest BCUT2D eigenvalue weighted by atomic mass is 10.6. The summed E-state index contributed by atoms with van der Waals surface area (Å²) in [5, 5.41) is 24.7. The molecule has 0 heterocycles. The monoisotopic (exact) mass is 312 g/mol. The lowest BCUT2D eigenvalue weighted by molar-refractivity contribution is -0.135. The smallest absolute Gasteiger partial charge is 0.407 e. The van der Waals surface area contributed by atoms with Gasteiger partial charge in [-0.05, 0) is 6.92 Å². The standard InChI is InChI=1S/C5H12N2O2.3C2H4O2/c1-2-9-5(8)7-4-3-6;3*1-2(3)4/h2-4,6H2,1H3,(H,7,8);3*1H3,(H,3,4). The van der Waals surface area contributed by atoms with Crippen LogP contribution in [0.2, 0.25) is 0 Å². The van der Waals surface area contributed by atoms with Crippen molar-refractivity contribution < 1.29 is 39.2 Å². The molecule has 0 aromatic carbocycles. The molecule has 0 fully saturated rings. The third-order valence-electron chi connectivity index (χ3n) is 0.689. The first kappa shape index (κ1) is 27.1. The zero-order valence-corrected chi connectivity index (χ0v) is 12.6. The van der Waals surface area contributed by atoms with Gasteiger partial charge in [0.05, 0.1) is 6.61 Å². The average molecular weight is 312 g/mol. The van der Waals surface area contributed by atoms with Crippen LogP contribution in [0, 0.1) is 0 Å². The Kier molecular flexibility index (Phi) is 29.4. The minimum Gasteiger partial charge on any atom is -0.481 e. The van der Waals surface area contributed by atoms with Gasteiger partial charge in [-0.3, -0.25) is 14.4 Å². The second-order valence-corrected chi connectivity index (χ2v) is 2.99. The summed E-state index contributed by atoms with van der Waals surface area (Å²) >= 11 is 0. The summed E-state index contributed by atoms with van der Waals surface area (Å²) in [7, 11) is 0. The van der Waals surface area contributed by atoms with E-state index in [1.807, 2.05) is 0 Å². The molecule has 0 aromatic rings. The van der Waals surface area contributed by atoms with E-state index in [0.717, 1.165) is 20.8 Å². The number of carboxylic acid groups (broad SMARTS) is 3. The molecule has 0 aliphatic heterocycles. The number of hydrogen-bond donors (Lipinski definition) is 5. The zero-order chi connectivity index (χ0) is 17.8. The van der Waals surface area contributed by atoms with Crippen LogP contribution in [-0.2, 0) is 19.1 Å². The minimum absolute atomic E-state index is 0.399. The van der Waals surface area contributed by atoms with E-state index in [1.54, 1.807) is 6.92 Å². The van der Waals surface area contributed by atoms with Crippen molar-refractivity contribution in [3.8, 4) is 0 Å². The van der Waals surface area contributed by atoms with Crippen molar-refractivity contribution in [2.24, 2.45) is 5.73 Å². The number of rotatable bonds is 3. The molecule has 10 nitrogen and oxygen atoms in total. The second kappa shape index (κ2) is 22.8. The Hall–Kier alpha value is -2.36. The van der Waals surface area contributed by atoms with Crippen LogP contribution in [0.25, 0.3) is 0 Å². The van der Waals surface area contributed by atoms with Crippen LogP contribution in [0.5, 0.6) is 0 Å². The topological polar surface area (TPSA) is 176 Å². The summed E-state index contributed by atoms with van der Waals surface area (Å²) in [4.78, 5) is 37.4. The summed E-state index contributed by atoms with van der Waals surface area (Å²) in [6.07, 6.45) is -0.400. The van der Waals surface area contributed by atoms with Crippen molar-refractivity contribution in [3.05, 3.63) is 0 Å². The number of carbonyl (C=O) groups excluding carboxylic acids is 1. The van der Waals surface area contributed by atoms with Crippen molar-refractivity contribution in [1.29, 1.82) is 0 Å². The van der Waals surface area contributed by atoms with E-state index in [0.29, 0.717) is 19.7 Å². The van der Waals surface area contributed by atoms with Gasteiger partial charge in [-0.25, -0.2) is 4.79 Å². The Morgan fingerprint density at radius 2 is 1.24 bits per heavy atom. The van der Waals surface area contributed by atoms with Crippen LogP contribution >= 0.6 is 0 Å². The first-order valence-corrected chi connectivity index (χ1v) is 5.70. The van der Waals surface area contributed by atoms with Gasteiger partial charge in [0, 0.05) is 33.9 Å². The summed E-state index contributed by atoms with van der Waals surface area (Å²) in [5.41, 5.74) is 5.10. The molecule has 0 saturated carbocycles. The molecule has 0 atom stereocenters. The van der Waals surface area contributed by atoms with E-state index >= 15 is 0 Å². The quantitative estimate of drug-likeness (QED) is 0.478. The molecule has 0 saturated heterocycles. The van der Waals surface area contributed by atoms with Gasteiger partial charge < -0.3 is 31.1 Å². The maximum Gasteiger partial charge on any atom is 0.407 e. The van der Waals surface area contributed by atoms with E-state index in [2.05, 4.69) is 10.1 Å². The molecule has 0 rings (SSSR count). The third-order valence-corrected chi connectivity index (χ3v) is 0.689. The second-order valence-electron chi connectivity index (χ2n) is 2.99. The fourth-order valence-corrected chi connectivity index (χ4v) is 0.356. The van der Waals surface area contributed by atoms with E-state index in [9.17, 15) is 4.79 Å². The number of nitrogens with two attached hydrogens (primary N) is 1. The van der Waals surface area contributed by atoms with E-state index in [4.69, 9.17) is 35.4 Å². The van der Waals surface area contributed by atoms with Crippen molar-refractivity contribution in [2.45, 2.75) is 27.7 Å². The Bertz CT molecular complexity index is 253. The van der Waals surface area contributed by atoms with Crippen molar-refractivity contribution in [1.82, 2.24) is 5.32 Å². The molecule has 0 aliphatic carbocycles. The molecule has 0 aliphatic rings. The Morgan fingerprint density at radius 3 is 1.43 bits per heavy atom. The Labute approximate surface area is 122 Å². The zero-order valence-electron chi connectivity index (χ0n) is 12.6. The largest absolute Gasteiger partial charge is 0.481 e. The number of nitrogens with one attached hydrogen (secondary N) is 1. The molecule has 21 heavy (non-hydrogen) atoms. The molecular formula is C11H24N2O8. The lowest BCUT2D eigenvalue weighted by Gasteiger charge is -2.01. The Balaban J connectivity index is -0.000000102. The van der Waals surface area contributed by atoms with Crippen LogP contribution in [0.4, 0.5) is 4.79 Å². The highest BCUT2D eigenvalue weighted by Crippen LogP contribution is 1.72. The van der Waals surface area contributed by atoms with Gasteiger partial charge in [0.15, 0.2) is 0 Å². The molecule has 0 spiro atoms. The maximum atomic E-state index is 10.4. The highest BCUT2D eigenvalue weighted by molar-refractivity contribution is 5.67. The third kappa shape index (κ3) is 200. The van der Waals surface area contributed by atoms with Gasteiger partial charge in [-0.2, -0.15) is 0 Å². The van der Waals surface area contributed by atoms with Gasteiger partial charge >= 0.3 is 6.09 Å². The number of amides is 1. The molecule has 10 heteroatoms. The van der Waals surface area contributed by atoms with Crippen molar-refractivity contribution >= 4 is 24.0 Å². The molecule has 0 unspecified atom stereocenters. The minimum atomic E-state index is -0.833. The number of ether oxygens (including phenoxy) is 1. The van der Waals surface area contributed by atoms with Crippen molar-refractivity contribution in [3.63, 3.8) is 0 Å². The first-order valence-electron chi connectivity index (χ1n) is 5.70. The van der Waals surface area contributed by atoms with Gasteiger partial charge in [0.2, 0.25) is 0 Å². The number of carboxylic acids is 3. The summed E-state index contributed by atoms with van der Waals surface area (Å²) in [6.45, 7) is 6.32. The fourth-order valence-electron chi connectivity index (χ4n) is 0.356. The van der Waals surface area contributed by atoms with Crippen LogP contribution in [0.15, 0.2) is 0 Å². The highest BCUT2D eigenvalue weighted by atomic mass is 16.5. The van der Waals surface area contributed by atoms with Crippen LogP contribution in [0.3, 0.4) is 0 Å². The average Bonchev–Trinajstić information content (AvgIpc) is 2.24. The number of alkyl carbamates (subject to hydrolysis) is 1. The first-order chi connectivity index (χ1) is 9.50. The van der Waals surface area contributed by atoms with Gasteiger partial charge in [-0.1, -0.05) is 0 Å². The maximum absolute atomic E-state index is 10.4. The number of hydrogen-bond acceptors (Lipinski definition) is 6. The summed E-state index contributed by atoms with van der Waals surface area (Å²) in [5.74, 6) is -2.50. The van der Waals surface area contributed by atoms with E-state index in [1.165, 1.54) is 0 Å². The van der Waals surface area contributed by atoms with E-state index < -0.39 is 24.0 Å². The molecule has 0 aromatic heterocycles. The SMILES string of the molecule is CC(=O)O.CC(=O)O.CC(=O)O.CCOC(=O)NCCN. The van der Waals surface area contributed by atoms with Crippen molar-refractivity contribution in [2.75, 3.05) is 19.7 Å². The molecule has 1 amide bonds. The fraction of sp³-hybridized carbons (Fsp3) is 0.636. The highest BCUT2D eigenvalue weighted by Gasteiger charge is 1.94. The number of carbonyl (C=O) groups is 4. The molecule has 126 valence electrons. The van der Waals surface area contributed by atoms with Gasteiger partial charge in [0.25, 0.3) is 17.9 Å². The normalized spacial score (nSPS) is 7.29. The number of aliphatic carboxylic acids is 3. The van der Waals surface area contributed by atoms with Crippen LogP contribution in [0.1, 0.15) is 27.7 Å². The summed E-state index contributed by atoms with van der Waals surface area (Å²) < 4.78 is 4.54. The summed E-state index contributed by atoms with van der Waals surface area (Å²) in [6, 6.07) is 0. The molecule has 0 radical (unpaired) electrons. The lowest BCUT2D eigenvalue weighted by Crippen LogP contribution is -2.29.